The van der Waals surface area contributed by atoms with Crippen LogP contribution in [0.1, 0.15) is 11.5 Å². The van der Waals surface area contributed by atoms with E-state index in [2.05, 4.69) is 5.32 Å². The van der Waals surface area contributed by atoms with Crippen molar-refractivity contribution < 1.29 is 33.0 Å². The first-order valence-electron chi connectivity index (χ1n) is 7.98. The highest BCUT2D eigenvalue weighted by Crippen LogP contribution is 2.39. The fourth-order valence-corrected chi connectivity index (χ4v) is 2.23. The molecule has 0 bridgehead atoms. The minimum absolute atomic E-state index is 0.390. The minimum Gasteiger partial charge on any atom is -0.493 e. The highest BCUT2D eigenvalue weighted by atomic mass is 16.5. The Hall–Kier alpha value is -3.42. The van der Waals surface area contributed by atoms with Crippen LogP contribution in [0.5, 0.6) is 17.2 Å². The van der Waals surface area contributed by atoms with E-state index in [1.54, 1.807) is 31.2 Å². The Morgan fingerprint density at radius 2 is 1.74 bits per heavy atom. The highest BCUT2D eigenvalue weighted by Gasteiger charge is 2.15. The number of anilines is 1. The van der Waals surface area contributed by atoms with Crippen LogP contribution in [0.2, 0.25) is 0 Å². The molecule has 1 N–H and O–H groups in total. The van der Waals surface area contributed by atoms with Gasteiger partial charge < -0.3 is 28.7 Å². The van der Waals surface area contributed by atoms with Gasteiger partial charge >= 0.3 is 5.97 Å². The number of hydrogen-bond donors (Lipinski definition) is 1. The molecule has 1 amide bonds. The molecule has 8 heteroatoms. The van der Waals surface area contributed by atoms with Gasteiger partial charge in [-0.15, -0.1) is 0 Å². The Labute approximate surface area is 156 Å². The lowest BCUT2D eigenvalue weighted by Crippen LogP contribution is -2.20. The number of hydrogen-bond acceptors (Lipinski definition) is 7. The van der Waals surface area contributed by atoms with Crippen LogP contribution in [0.4, 0.5) is 5.69 Å². The largest absolute Gasteiger partial charge is 0.493 e. The summed E-state index contributed by atoms with van der Waals surface area (Å²) >= 11 is 0. The highest BCUT2D eigenvalue weighted by molar-refractivity contribution is 5.95. The minimum atomic E-state index is -0.663. The van der Waals surface area contributed by atoms with E-state index in [0.29, 0.717) is 28.7 Å². The molecule has 0 aliphatic heterocycles. The molecule has 27 heavy (non-hydrogen) atoms. The number of carbonyl (C=O) groups excluding carboxylic acids is 2. The van der Waals surface area contributed by atoms with Gasteiger partial charge in [0.05, 0.1) is 21.3 Å². The average molecular weight is 375 g/mol. The fraction of sp³-hybridized carbons (Fsp3) is 0.263. The zero-order valence-corrected chi connectivity index (χ0v) is 15.5. The van der Waals surface area contributed by atoms with Gasteiger partial charge in [-0.05, 0) is 25.1 Å². The van der Waals surface area contributed by atoms with Gasteiger partial charge in [-0.2, -0.15) is 0 Å². The number of ether oxygens (including phenoxy) is 4. The van der Waals surface area contributed by atoms with Crippen LogP contribution in [0, 0.1) is 6.92 Å². The van der Waals surface area contributed by atoms with Crippen molar-refractivity contribution in [1.29, 1.82) is 0 Å². The summed E-state index contributed by atoms with van der Waals surface area (Å²) in [7, 11) is 4.42. The summed E-state index contributed by atoms with van der Waals surface area (Å²) < 4.78 is 25.8. The molecule has 2 rings (SSSR count). The zero-order chi connectivity index (χ0) is 19.8. The van der Waals surface area contributed by atoms with Crippen LogP contribution < -0.4 is 19.5 Å². The van der Waals surface area contributed by atoms with Gasteiger partial charge in [0.1, 0.15) is 11.5 Å². The molecule has 0 fully saturated rings. The molecule has 1 aromatic heterocycles. The van der Waals surface area contributed by atoms with Crippen molar-refractivity contribution in [2.45, 2.75) is 6.92 Å². The number of amides is 1. The lowest BCUT2D eigenvalue weighted by molar-refractivity contribution is -0.142. The first kappa shape index (κ1) is 19.9. The zero-order valence-electron chi connectivity index (χ0n) is 15.5. The summed E-state index contributed by atoms with van der Waals surface area (Å²) in [4.78, 5) is 23.7. The topological polar surface area (TPSA) is 96.2 Å². The van der Waals surface area contributed by atoms with E-state index in [1.807, 2.05) is 0 Å². The normalized spacial score (nSPS) is 10.5. The second-order valence-corrected chi connectivity index (χ2v) is 5.35. The van der Waals surface area contributed by atoms with Crippen LogP contribution in [0.25, 0.3) is 6.08 Å². The van der Waals surface area contributed by atoms with Gasteiger partial charge in [0.25, 0.3) is 5.91 Å². The van der Waals surface area contributed by atoms with Gasteiger partial charge in [-0.3, -0.25) is 4.79 Å². The molecule has 0 saturated carbocycles. The van der Waals surface area contributed by atoms with Gasteiger partial charge in [-0.25, -0.2) is 4.79 Å². The fourth-order valence-electron chi connectivity index (χ4n) is 2.23. The Morgan fingerprint density at radius 3 is 2.26 bits per heavy atom. The molecule has 0 atom stereocenters. The van der Waals surface area contributed by atoms with Crippen LogP contribution in [-0.2, 0) is 14.3 Å². The Morgan fingerprint density at radius 1 is 1.07 bits per heavy atom. The molecule has 0 spiro atoms. The summed E-state index contributed by atoms with van der Waals surface area (Å²) in [5.41, 5.74) is 0.409. The van der Waals surface area contributed by atoms with E-state index >= 15 is 0 Å². The van der Waals surface area contributed by atoms with Crippen LogP contribution in [0.15, 0.2) is 34.8 Å². The molecule has 2 aromatic rings. The molecule has 0 aliphatic rings. The number of rotatable bonds is 8. The second-order valence-electron chi connectivity index (χ2n) is 5.35. The Balaban J connectivity index is 1.93. The summed E-state index contributed by atoms with van der Waals surface area (Å²) in [6.45, 7) is 1.35. The Bertz CT molecular complexity index is 813. The van der Waals surface area contributed by atoms with Crippen LogP contribution in [0.3, 0.4) is 0 Å². The number of furan rings is 1. The van der Waals surface area contributed by atoms with Crippen molar-refractivity contribution >= 4 is 23.6 Å². The third-order valence-corrected chi connectivity index (χ3v) is 3.44. The van der Waals surface area contributed by atoms with Gasteiger partial charge in [0.15, 0.2) is 18.1 Å². The number of benzene rings is 1. The second kappa shape index (κ2) is 9.33. The summed E-state index contributed by atoms with van der Waals surface area (Å²) in [5, 5.41) is 2.60. The van der Waals surface area contributed by atoms with Crippen molar-refractivity contribution in [3.63, 3.8) is 0 Å². The van der Waals surface area contributed by atoms with Gasteiger partial charge in [0, 0.05) is 23.9 Å². The van der Waals surface area contributed by atoms with Crippen LogP contribution >= 0.6 is 0 Å². The Kier molecular flexibility index (Phi) is 6.87. The summed E-state index contributed by atoms with van der Waals surface area (Å²) in [6.07, 6.45) is 2.65. The third-order valence-electron chi connectivity index (χ3n) is 3.44. The van der Waals surface area contributed by atoms with Crippen LogP contribution in [-0.4, -0.2) is 39.8 Å². The summed E-state index contributed by atoms with van der Waals surface area (Å²) in [6, 6.07) is 6.63. The number of nitrogens with one attached hydrogen (secondary N) is 1. The van der Waals surface area contributed by atoms with Crippen molar-refractivity contribution in [2.75, 3.05) is 33.3 Å². The molecule has 1 aromatic carbocycles. The number of methoxy groups -OCH3 is 3. The predicted molar refractivity (Wildman–Crippen MR) is 98.2 cm³/mol. The van der Waals surface area contributed by atoms with Gasteiger partial charge in [-0.1, -0.05) is 0 Å². The van der Waals surface area contributed by atoms with E-state index in [1.165, 1.54) is 33.5 Å². The average Bonchev–Trinajstić information content (AvgIpc) is 3.09. The molecule has 0 unspecified atom stereocenters. The first-order chi connectivity index (χ1) is 13.0. The molecular formula is C19H21NO7. The third kappa shape index (κ3) is 5.53. The molecular weight excluding hydrogens is 354 g/mol. The van der Waals surface area contributed by atoms with Crippen molar-refractivity contribution in [3.05, 3.63) is 41.9 Å². The van der Waals surface area contributed by atoms with Crippen molar-refractivity contribution in [1.82, 2.24) is 0 Å². The van der Waals surface area contributed by atoms with Gasteiger partial charge in [0.2, 0.25) is 5.75 Å². The molecule has 1 heterocycles. The van der Waals surface area contributed by atoms with E-state index in [4.69, 9.17) is 23.4 Å². The monoisotopic (exact) mass is 375 g/mol. The standard InChI is InChI=1S/C19H21NO7/c1-12-5-6-14(27-12)7-8-18(22)26-11-17(21)20-13-9-15(23-2)19(25-4)16(10-13)24-3/h5-10H,11H2,1-4H3,(H,20,21)/b8-7+. The number of esters is 1. The quantitative estimate of drug-likeness (QED) is 0.560. The molecule has 0 saturated heterocycles. The van der Waals surface area contributed by atoms with E-state index < -0.39 is 18.5 Å². The first-order valence-corrected chi connectivity index (χ1v) is 7.98. The number of carbonyl (C=O) groups is 2. The maximum atomic E-state index is 12.0. The molecule has 0 aliphatic carbocycles. The molecule has 8 nitrogen and oxygen atoms in total. The van der Waals surface area contributed by atoms with E-state index in [-0.39, 0.29) is 0 Å². The smallest absolute Gasteiger partial charge is 0.331 e. The number of aryl methyl sites for hydroxylation is 1. The van der Waals surface area contributed by atoms with E-state index in [9.17, 15) is 9.59 Å². The SMILES string of the molecule is COc1cc(NC(=O)COC(=O)/C=C/c2ccc(C)o2)cc(OC)c1OC. The van der Waals surface area contributed by atoms with Crippen molar-refractivity contribution in [3.8, 4) is 17.2 Å². The van der Waals surface area contributed by atoms with Crippen molar-refractivity contribution in [2.24, 2.45) is 0 Å². The maximum absolute atomic E-state index is 12.0. The molecule has 144 valence electrons. The lowest BCUT2D eigenvalue weighted by Gasteiger charge is -2.14. The lowest BCUT2D eigenvalue weighted by atomic mass is 10.2. The summed E-state index contributed by atoms with van der Waals surface area (Å²) in [5.74, 6) is 1.26. The maximum Gasteiger partial charge on any atom is 0.331 e. The predicted octanol–water partition coefficient (Wildman–Crippen LogP) is 2.81. The van der Waals surface area contributed by atoms with E-state index in [0.717, 1.165) is 5.76 Å². The molecule has 0 radical (unpaired) electrons.